The lowest BCUT2D eigenvalue weighted by Gasteiger charge is -2.18. The quantitative estimate of drug-likeness (QED) is 0.590. The van der Waals surface area contributed by atoms with Crippen molar-refractivity contribution in [3.8, 4) is 0 Å². The van der Waals surface area contributed by atoms with Crippen LogP contribution in [0.4, 0.5) is 5.69 Å². The number of aromatic nitrogens is 3. The predicted molar refractivity (Wildman–Crippen MR) is 73.9 cm³/mol. The van der Waals surface area contributed by atoms with Crippen LogP contribution in [0.1, 0.15) is 5.56 Å². The van der Waals surface area contributed by atoms with Gasteiger partial charge in [0.1, 0.15) is 4.90 Å². The molecule has 2 heterocycles. The standard InChI is InChI=1S/C11H16N6O2S/c1-16-7-9(5-14-16)8-17(2)20(18,19)11-6-13-4-3-10(11)15-12/h3-7H,8,12H2,1-2H3,(H,13,15). The first-order chi connectivity index (χ1) is 9.45. The van der Waals surface area contributed by atoms with E-state index in [1.807, 2.05) is 0 Å². The van der Waals surface area contributed by atoms with Crippen molar-refractivity contribution in [3.05, 3.63) is 36.4 Å². The minimum absolute atomic E-state index is 0.0360. The molecule has 0 unspecified atom stereocenters. The Hall–Kier alpha value is -1.97. The van der Waals surface area contributed by atoms with Crippen LogP contribution in [0.25, 0.3) is 0 Å². The topological polar surface area (TPSA) is 106 Å². The van der Waals surface area contributed by atoms with Crippen molar-refractivity contribution in [2.75, 3.05) is 12.5 Å². The second kappa shape index (κ2) is 5.57. The predicted octanol–water partition coefficient (Wildman–Crippen LogP) is -0.0786. The Balaban J connectivity index is 2.29. The summed E-state index contributed by atoms with van der Waals surface area (Å²) in [7, 11) is -0.410. The zero-order chi connectivity index (χ0) is 14.8. The fraction of sp³-hybridized carbons (Fsp3) is 0.273. The third-order valence-corrected chi connectivity index (χ3v) is 4.62. The van der Waals surface area contributed by atoms with Gasteiger partial charge in [-0.05, 0) is 6.07 Å². The first-order valence-corrected chi connectivity index (χ1v) is 7.23. The van der Waals surface area contributed by atoms with Gasteiger partial charge in [-0.3, -0.25) is 15.5 Å². The minimum Gasteiger partial charge on any atom is -0.323 e. The smallest absolute Gasteiger partial charge is 0.246 e. The Morgan fingerprint density at radius 3 is 2.80 bits per heavy atom. The number of nitrogens with two attached hydrogens (primary N) is 1. The van der Waals surface area contributed by atoms with Gasteiger partial charge in [-0.2, -0.15) is 9.40 Å². The Morgan fingerprint density at radius 2 is 2.20 bits per heavy atom. The van der Waals surface area contributed by atoms with Gasteiger partial charge in [-0.15, -0.1) is 0 Å². The maximum atomic E-state index is 12.5. The lowest BCUT2D eigenvalue weighted by molar-refractivity contribution is 0.466. The zero-order valence-corrected chi connectivity index (χ0v) is 12.0. The molecule has 0 bridgehead atoms. The summed E-state index contributed by atoms with van der Waals surface area (Å²) in [6.07, 6.45) is 6.12. The van der Waals surface area contributed by atoms with Crippen LogP contribution >= 0.6 is 0 Å². The van der Waals surface area contributed by atoms with Crippen molar-refractivity contribution in [1.82, 2.24) is 19.1 Å². The second-order valence-corrected chi connectivity index (χ2v) is 6.31. The van der Waals surface area contributed by atoms with Gasteiger partial charge in [0.25, 0.3) is 0 Å². The molecule has 0 spiro atoms. The maximum Gasteiger partial charge on any atom is 0.246 e. The molecule has 0 aliphatic carbocycles. The zero-order valence-electron chi connectivity index (χ0n) is 11.2. The summed E-state index contributed by atoms with van der Waals surface area (Å²) in [5.74, 6) is 5.33. The van der Waals surface area contributed by atoms with E-state index in [-0.39, 0.29) is 11.4 Å². The monoisotopic (exact) mass is 296 g/mol. The first-order valence-electron chi connectivity index (χ1n) is 5.79. The normalized spacial score (nSPS) is 11.8. The van der Waals surface area contributed by atoms with E-state index >= 15 is 0 Å². The van der Waals surface area contributed by atoms with Gasteiger partial charge in [0.05, 0.1) is 11.9 Å². The van der Waals surface area contributed by atoms with E-state index in [1.54, 1.807) is 24.1 Å². The molecule has 0 saturated heterocycles. The van der Waals surface area contributed by atoms with Gasteiger partial charge < -0.3 is 5.43 Å². The molecule has 0 saturated carbocycles. The number of pyridine rings is 1. The van der Waals surface area contributed by atoms with E-state index in [9.17, 15) is 8.42 Å². The van der Waals surface area contributed by atoms with Crippen LogP contribution in [0.5, 0.6) is 0 Å². The van der Waals surface area contributed by atoms with Crippen LogP contribution in [0, 0.1) is 0 Å². The molecule has 0 fully saturated rings. The number of nitrogens with one attached hydrogen (secondary N) is 1. The Morgan fingerprint density at radius 1 is 1.45 bits per heavy atom. The van der Waals surface area contributed by atoms with Crippen LogP contribution < -0.4 is 11.3 Å². The van der Waals surface area contributed by atoms with E-state index in [0.29, 0.717) is 5.69 Å². The molecule has 0 aromatic carbocycles. The molecule has 2 rings (SSSR count). The summed E-state index contributed by atoms with van der Waals surface area (Å²) >= 11 is 0. The molecular formula is C11H16N6O2S. The van der Waals surface area contributed by atoms with Crippen molar-refractivity contribution >= 4 is 15.7 Å². The van der Waals surface area contributed by atoms with Crippen LogP contribution in [0.15, 0.2) is 35.7 Å². The molecule has 0 amide bonds. The number of nitrogens with zero attached hydrogens (tertiary/aromatic N) is 4. The maximum absolute atomic E-state index is 12.5. The number of aryl methyl sites for hydroxylation is 1. The van der Waals surface area contributed by atoms with Gasteiger partial charge >= 0.3 is 0 Å². The van der Waals surface area contributed by atoms with Crippen LogP contribution in [-0.2, 0) is 23.6 Å². The molecule has 9 heteroatoms. The van der Waals surface area contributed by atoms with Crippen molar-refractivity contribution < 1.29 is 8.42 Å². The van der Waals surface area contributed by atoms with E-state index in [4.69, 9.17) is 5.84 Å². The fourth-order valence-corrected chi connectivity index (χ4v) is 3.02. The summed E-state index contributed by atoms with van der Waals surface area (Å²) in [5, 5.41) is 4.01. The van der Waals surface area contributed by atoms with Gasteiger partial charge in [-0.1, -0.05) is 0 Å². The number of sulfonamides is 1. The minimum atomic E-state index is -3.68. The highest BCUT2D eigenvalue weighted by molar-refractivity contribution is 7.89. The summed E-state index contributed by atoms with van der Waals surface area (Å²) in [6.45, 7) is 0.217. The number of nitrogen functional groups attached to an aromatic ring is 1. The molecule has 0 radical (unpaired) electrons. The largest absolute Gasteiger partial charge is 0.323 e. The molecule has 108 valence electrons. The van der Waals surface area contributed by atoms with E-state index in [0.717, 1.165) is 5.56 Å². The molecule has 0 aliphatic rings. The Bertz CT molecular complexity index is 696. The lowest BCUT2D eigenvalue weighted by atomic mass is 10.4. The Labute approximate surface area is 117 Å². The molecule has 20 heavy (non-hydrogen) atoms. The van der Waals surface area contributed by atoms with Crippen molar-refractivity contribution in [2.45, 2.75) is 11.4 Å². The SMILES string of the molecule is CN(Cc1cnn(C)c1)S(=O)(=O)c1cnccc1NN. The molecule has 2 aromatic rings. The highest BCUT2D eigenvalue weighted by Gasteiger charge is 2.24. The fourth-order valence-electron chi connectivity index (χ4n) is 1.77. The lowest BCUT2D eigenvalue weighted by Crippen LogP contribution is -2.27. The third-order valence-electron chi connectivity index (χ3n) is 2.79. The average Bonchev–Trinajstić information content (AvgIpc) is 2.84. The third kappa shape index (κ3) is 2.79. The molecule has 2 aromatic heterocycles. The average molecular weight is 296 g/mol. The Kier molecular flexibility index (Phi) is 4.02. The molecule has 3 N–H and O–H groups in total. The van der Waals surface area contributed by atoms with E-state index < -0.39 is 10.0 Å². The van der Waals surface area contributed by atoms with Crippen molar-refractivity contribution in [1.29, 1.82) is 0 Å². The van der Waals surface area contributed by atoms with Gasteiger partial charge in [0.15, 0.2) is 0 Å². The second-order valence-electron chi connectivity index (χ2n) is 4.30. The number of hydrogen-bond acceptors (Lipinski definition) is 6. The van der Waals surface area contributed by atoms with Gasteiger partial charge in [0, 0.05) is 44.8 Å². The number of rotatable bonds is 5. The summed E-state index contributed by atoms with van der Waals surface area (Å²) < 4.78 is 27.8. The molecular weight excluding hydrogens is 280 g/mol. The molecule has 0 aliphatic heterocycles. The van der Waals surface area contributed by atoms with E-state index in [1.165, 1.54) is 29.8 Å². The van der Waals surface area contributed by atoms with Crippen LogP contribution in [-0.4, -0.2) is 34.5 Å². The van der Waals surface area contributed by atoms with E-state index in [2.05, 4.69) is 15.5 Å². The summed E-state index contributed by atoms with van der Waals surface area (Å²) in [5.41, 5.74) is 3.46. The van der Waals surface area contributed by atoms with Crippen molar-refractivity contribution in [2.24, 2.45) is 12.9 Å². The highest BCUT2D eigenvalue weighted by atomic mass is 32.2. The molecule has 8 nitrogen and oxygen atoms in total. The first kappa shape index (κ1) is 14.4. The summed E-state index contributed by atoms with van der Waals surface area (Å²) in [6, 6.07) is 1.50. The highest BCUT2D eigenvalue weighted by Crippen LogP contribution is 2.22. The number of hydrazine groups is 1. The van der Waals surface area contributed by atoms with Crippen LogP contribution in [0.3, 0.4) is 0 Å². The van der Waals surface area contributed by atoms with Crippen molar-refractivity contribution in [3.63, 3.8) is 0 Å². The van der Waals surface area contributed by atoms with Gasteiger partial charge in [0.2, 0.25) is 10.0 Å². The van der Waals surface area contributed by atoms with Gasteiger partial charge in [-0.25, -0.2) is 8.42 Å². The molecule has 0 atom stereocenters. The number of anilines is 1. The number of hydrogen-bond donors (Lipinski definition) is 2. The van der Waals surface area contributed by atoms with Crippen LogP contribution in [0.2, 0.25) is 0 Å². The summed E-state index contributed by atoms with van der Waals surface area (Å²) in [4.78, 5) is 3.87.